The Balaban J connectivity index is 1.62. The van der Waals surface area contributed by atoms with Crippen molar-refractivity contribution in [1.29, 1.82) is 0 Å². The number of nitrogens with one attached hydrogen (secondary N) is 1. The maximum Gasteiger partial charge on any atom is 0.0349 e. The lowest BCUT2D eigenvalue weighted by molar-refractivity contribution is 0.259. The second kappa shape index (κ2) is 4.63. The van der Waals surface area contributed by atoms with Gasteiger partial charge in [0.1, 0.15) is 0 Å². The molecule has 0 heterocycles. The number of rotatable bonds is 3. The molecule has 2 bridgehead atoms. The molecule has 3 aliphatic rings. The van der Waals surface area contributed by atoms with E-state index in [0.29, 0.717) is 6.04 Å². The van der Waals surface area contributed by atoms with Gasteiger partial charge in [-0.1, -0.05) is 24.6 Å². The first kappa shape index (κ1) is 12.0. The zero-order chi connectivity index (χ0) is 12.8. The molecule has 1 heteroatoms. The van der Waals surface area contributed by atoms with Crippen molar-refractivity contribution >= 4 is 0 Å². The van der Waals surface area contributed by atoms with E-state index in [1.807, 2.05) is 0 Å². The normalized spacial score (nSPS) is 33.6. The van der Waals surface area contributed by atoms with Gasteiger partial charge in [-0.2, -0.15) is 0 Å². The van der Waals surface area contributed by atoms with E-state index in [1.165, 1.54) is 44.9 Å². The van der Waals surface area contributed by atoms with Gasteiger partial charge < -0.3 is 5.32 Å². The molecule has 2 fully saturated rings. The minimum atomic E-state index is 0.598. The van der Waals surface area contributed by atoms with E-state index >= 15 is 0 Å². The largest absolute Gasteiger partial charge is 0.313 e. The first-order chi connectivity index (χ1) is 9.35. The summed E-state index contributed by atoms with van der Waals surface area (Å²) in [5.74, 6) is 2.93. The monoisotopic (exact) mass is 255 g/mol. The molecule has 4 unspecified atom stereocenters. The molecule has 4 atom stereocenters. The molecular weight excluding hydrogens is 230 g/mol. The van der Waals surface area contributed by atoms with Crippen molar-refractivity contribution in [1.82, 2.24) is 5.32 Å². The molecule has 3 aliphatic carbocycles. The predicted octanol–water partition coefficient (Wildman–Crippen LogP) is 3.87. The molecule has 0 aromatic heterocycles. The Bertz CT molecular complexity index is 479. The highest BCUT2D eigenvalue weighted by molar-refractivity contribution is 5.37. The third-order valence-electron chi connectivity index (χ3n) is 6.01. The number of benzene rings is 1. The summed E-state index contributed by atoms with van der Waals surface area (Å²) in [7, 11) is 2.16. The Morgan fingerprint density at radius 1 is 1.11 bits per heavy atom. The third-order valence-corrected chi connectivity index (χ3v) is 6.01. The molecule has 0 aliphatic heterocycles. The SMILES string of the molecule is CNC(c1ccc2c(c1)CCC2)C1CC2CCC1C2. The van der Waals surface area contributed by atoms with Crippen LogP contribution in [0, 0.1) is 17.8 Å². The van der Waals surface area contributed by atoms with Crippen LogP contribution >= 0.6 is 0 Å². The molecule has 19 heavy (non-hydrogen) atoms. The highest BCUT2D eigenvalue weighted by Crippen LogP contribution is 2.52. The minimum Gasteiger partial charge on any atom is -0.313 e. The van der Waals surface area contributed by atoms with Crippen LogP contribution < -0.4 is 5.32 Å². The van der Waals surface area contributed by atoms with Crippen LogP contribution in [0.5, 0.6) is 0 Å². The Labute approximate surface area is 116 Å². The van der Waals surface area contributed by atoms with Crippen LogP contribution in [0.25, 0.3) is 0 Å². The van der Waals surface area contributed by atoms with E-state index < -0.39 is 0 Å². The van der Waals surface area contributed by atoms with Gasteiger partial charge in [-0.3, -0.25) is 0 Å². The van der Waals surface area contributed by atoms with Crippen LogP contribution in [-0.4, -0.2) is 7.05 Å². The summed E-state index contributed by atoms with van der Waals surface area (Å²) in [6.07, 6.45) is 9.92. The second-order valence-electron chi connectivity index (χ2n) is 6.99. The fraction of sp³-hybridized carbons (Fsp3) is 0.667. The van der Waals surface area contributed by atoms with Crippen molar-refractivity contribution in [3.8, 4) is 0 Å². The minimum absolute atomic E-state index is 0.598. The van der Waals surface area contributed by atoms with Gasteiger partial charge in [0.05, 0.1) is 0 Å². The lowest BCUT2D eigenvalue weighted by atomic mass is 9.80. The van der Waals surface area contributed by atoms with E-state index in [9.17, 15) is 0 Å². The lowest BCUT2D eigenvalue weighted by Gasteiger charge is -2.31. The predicted molar refractivity (Wildman–Crippen MR) is 79.2 cm³/mol. The molecule has 2 saturated carbocycles. The Morgan fingerprint density at radius 2 is 2.00 bits per heavy atom. The molecule has 1 aromatic carbocycles. The van der Waals surface area contributed by atoms with Gasteiger partial charge in [0.25, 0.3) is 0 Å². The third kappa shape index (κ3) is 1.94. The van der Waals surface area contributed by atoms with Crippen LogP contribution in [0.3, 0.4) is 0 Å². The van der Waals surface area contributed by atoms with Crippen LogP contribution in [0.1, 0.15) is 54.8 Å². The van der Waals surface area contributed by atoms with Gasteiger partial charge in [0.2, 0.25) is 0 Å². The van der Waals surface area contributed by atoms with Crippen molar-refractivity contribution in [2.45, 2.75) is 51.0 Å². The van der Waals surface area contributed by atoms with Gasteiger partial charge >= 0.3 is 0 Å². The smallest absolute Gasteiger partial charge is 0.0349 e. The molecule has 0 radical (unpaired) electrons. The maximum absolute atomic E-state index is 3.64. The van der Waals surface area contributed by atoms with Gasteiger partial charge in [0, 0.05) is 6.04 Å². The fourth-order valence-corrected chi connectivity index (χ4v) is 5.12. The zero-order valence-corrected chi connectivity index (χ0v) is 12.0. The number of hydrogen-bond donors (Lipinski definition) is 1. The molecule has 1 N–H and O–H groups in total. The van der Waals surface area contributed by atoms with Gasteiger partial charge in [0.15, 0.2) is 0 Å². The summed E-state index contributed by atoms with van der Waals surface area (Å²) in [5, 5.41) is 3.64. The number of fused-ring (bicyclic) bond motifs is 3. The average molecular weight is 255 g/mol. The van der Waals surface area contributed by atoms with Gasteiger partial charge in [-0.25, -0.2) is 0 Å². The summed E-state index contributed by atoms with van der Waals surface area (Å²) in [6.45, 7) is 0. The first-order valence-corrected chi connectivity index (χ1v) is 8.14. The van der Waals surface area contributed by atoms with E-state index in [-0.39, 0.29) is 0 Å². The van der Waals surface area contributed by atoms with E-state index in [0.717, 1.165) is 17.8 Å². The standard InChI is InChI=1S/C18H25N/c1-19-18(17-10-12-5-6-15(17)9-12)16-8-7-13-3-2-4-14(13)11-16/h7-8,11-12,15,17-19H,2-6,9-10H2,1H3. The molecule has 1 aromatic rings. The second-order valence-corrected chi connectivity index (χ2v) is 6.99. The zero-order valence-electron chi connectivity index (χ0n) is 12.0. The lowest BCUT2D eigenvalue weighted by Crippen LogP contribution is -2.29. The van der Waals surface area contributed by atoms with Crippen LogP contribution in [0.15, 0.2) is 18.2 Å². The summed E-state index contributed by atoms with van der Waals surface area (Å²) < 4.78 is 0. The number of hydrogen-bond acceptors (Lipinski definition) is 1. The fourth-order valence-electron chi connectivity index (χ4n) is 5.12. The highest BCUT2D eigenvalue weighted by Gasteiger charge is 2.43. The van der Waals surface area contributed by atoms with Crippen LogP contribution in [0.2, 0.25) is 0 Å². The van der Waals surface area contributed by atoms with Crippen molar-refractivity contribution < 1.29 is 0 Å². The van der Waals surface area contributed by atoms with Gasteiger partial charge in [-0.05, 0) is 80.0 Å². The summed E-state index contributed by atoms with van der Waals surface area (Å²) >= 11 is 0. The molecule has 4 rings (SSSR count). The molecule has 1 nitrogen and oxygen atoms in total. The molecule has 102 valence electrons. The van der Waals surface area contributed by atoms with E-state index in [2.05, 4.69) is 30.6 Å². The van der Waals surface area contributed by atoms with Crippen molar-refractivity contribution in [3.63, 3.8) is 0 Å². The Morgan fingerprint density at radius 3 is 2.74 bits per heavy atom. The first-order valence-electron chi connectivity index (χ1n) is 8.14. The molecule has 0 spiro atoms. The topological polar surface area (TPSA) is 12.0 Å². The Kier molecular flexibility index (Phi) is 2.91. The number of aryl methyl sites for hydroxylation is 2. The van der Waals surface area contributed by atoms with Gasteiger partial charge in [-0.15, -0.1) is 0 Å². The van der Waals surface area contributed by atoms with Crippen molar-refractivity contribution in [2.75, 3.05) is 7.05 Å². The highest BCUT2D eigenvalue weighted by atomic mass is 14.9. The van der Waals surface area contributed by atoms with Crippen molar-refractivity contribution in [3.05, 3.63) is 34.9 Å². The quantitative estimate of drug-likeness (QED) is 0.864. The Hall–Kier alpha value is -0.820. The van der Waals surface area contributed by atoms with E-state index in [4.69, 9.17) is 0 Å². The molecule has 0 amide bonds. The average Bonchev–Trinajstić information content (AvgIpc) is 3.15. The summed E-state index contributed by atoms with van der Waals surface area (Å²) in [4.78, 5) is 0. The van der Waals surface area contributed by atoms with Crippen LogP contribution in [0.4, 0.5) is 0 Å². The summed E-state index contributed by atoms with van der Waals surface area (Å²) in [5.41, 5.74) is 4.79. The van der Waals surface area contributed by atoms with E-state index in [1.54, 1.807) is 16.7 Å². The van der Waals surface area contributed by atoms with Crippen molar-refractivity contribution in [2.24, 2.45) is 17.8 Å². The summed E-state index contributed by atoms with van der Waals surface area (Å²) in [6, 6.07) is 7.91. The van der Waals surface area contributed by atoms with Crippen LogP contribution in [-0.2, 0) is 12.8 Å². The molecule has 0 saturated heterocycles. The maximum atomic E-state index is 3.64. The molecular formula is C18H25N.